The lowest BCUT2D eigenvalue weighted by atomic mass is 10.2. The first-order valence-corrected chi connectivity index (χ1v) is 6.91. The molecule has 0 saturated heterocycles. The van der Waals surface area contributed by atoms with Crippen LogP contribution in [0.1, 0.15) is 16.8 Å². The molecular formula is C10H9ClFNO5S. The van der Waals surface area contributed by atoms with Crippen LogP contribution in [0.15, 0.2) is 17.0 Å². The summed E-state index contributed by atoms with van der Waals surface area (Å²) in [7, 11) is -4.19. The van der Waals surface area contributed by atoms with Crippen molar-refractivity contribution in [1.82, 2.24) is 0 Å². The van der Waals surface area contributed by atoms with Crippen LogP contribution in [-0.2, 0) is 14.6 Å². The van der Waals surface area contributed by atoms with Gasteiger partial charge in [0.2, 0.25) is 5.91 Å². The fourth-order valence-corrected chi connectivity index (χ4v) is 2.95. The number of amides is 1. The van der Waals surface area contributed by atoms with Gasteiger partial charge in [-0.3, -0.25) is 4.79 Å². The van der Waals surface area contributed by atoms with Crippen molar-refractivity contribution in [2.45, 2.75) is 11.3 Å². The van der Waals surface area contributed by atoms with Gasteiger partial charge in [-0.15, -0.1) is 0 Å². The van der Waals surface area contributed by atoms with E-state index in [1.54, 1.807) is 0 Å². The number of halogens is 2. The van der Waals surface area contributed by atoms with E-state index in [0.29, 0.717) is 0 Å². The van der Waals surface area contributed by atoms with Crippen molar-refractivity contribution in [3.8, 4) is 0 Å². The van der Waals surface area contributed by atoms with Crippen molar-refractivity contribution in [2.24, 2.45) is 5.73 Å². The molecule has 6 nitrogen and oxygen atoms in total. The fourth-order valence-electron chi connectivity index (χ4n) is 1.29. The van der Waals surface area contributed by atoms with Gasteiger partial charge in [0, 0.05) is 11.4 Å². The number of carboxylic acid groups (broad SMARTS) is 1. The number of carboxylic acids is 1. The van der Waals surface area contributed by atoms with Crippen LogP contribution in [-0.4, -0.2) is 31.2 Å². The van der Waals surface area contributed by atoms with Crippen LogP contribution < -0.4 is 5.73 Å². The molecule has 0 aliphatic rings. The standard InChI is InChI=1S/C10H9ClFNO5S/c11-5-3-6(10(15)16)9(12)7(4-5)19(17,18)2-1-8(13)14/h3-4H,1-2H2,(H2,13,14)(H,15,16). The molecule has 0 atom stereocenters. The lowest BCUT2D eigenvalue weighted by Crippen LogP contribution is -2.18. The highest BCUT2D eigenvalue weighted by Gasteiger charge is 2.25. The topological polar surface area (TPSA) is 115 Å². The van der Waals surface area contributed by atoms with Crippen LogP contribution in [0.25, 0.3) is 0 Å². The van der Waals surface area contributed by atoms with E-state index in [1.165, 1.54) is 0 Å². The second-order valence-electron chi connectivity index (χ2n) is 3.61. The van der Waals surface area contributed by atoms with Crippen molar-refractivity contribution in [1.29, 1.82) is 0 Å². The van der Waals surface area contributed by atoms with Gasteiger partial charge in [0.1, 0.15) is 4.90 Å². The smallest absolute Gasteiger partial charge is 0.338 e. The minimum atomic E-state index is -4.19. The van der Waals surface area contributed by atoms with Crippen LogP contribution in [0.5, 0.6) is 0 Å². The Hall–Kier alpha value is -1.67. The van der Waals surface area contributed by atoms with Gasteiger partial charge in [-0.1, -0.05) is 11.6 Å². The Kier molecular flexibility index (Phi) is 4.48. The number of benzene rings is 1. The number of primary amides is 1. The maximum absolute atomic E-state index is 13.8. The Morgan fingerprint density at radius 3 is 2.42 bits per heavy atom. The molecule has 0 heterocycles. The number of rotatable bonds is 5. The summed E-state index contributed by atoms with van der Waals surface area (Å²) in [4.78, 5) is 20.4. The fraction of sp³-hybridized carbons (Fsp3) is 0.200. The Labute approximate surface area is 112 Å². The number of nitrogens with two attached hydrogens (primary N) is 1. The van der Waals surface area contributed by atoms with Crippen LogP contribution in [0.2, 0.25) is 5.02 Å². The van der Waals surface area contributed by atoms with Gasteiger partial charge in [0.05, 0.1) is 11.3 Å². The molecule has 0 unspecified atom stereocenters. The molecule has 0 radical (unpaired) electrons. The number of hydrogen-bond donors (Lipinski definition) is 2. The number of hydrogen-bond acceptors (Lipinski definition) is 4. The van der Waals surface area contributed by atoms with Crippen molar-refractivity contribution < 1.29 is 27.5 Å². The zero-order valence-corrected chi connectivity index (χ0v) is 11.0. The van der Waals surface area contributed by atoms with Crippen LogP contribution in [0.4, 0.5) is 4.39 Å². The monoisotopic (exact) mass is 309 g/mol. The third kappa shape index (κ3) is 3.65. The van der Waals surface area contributed by atoms with Crippen molar-refractivity contribution in [3.63, 3.8) is 0 Å². The second kappa shape index (κ2) is 5.54. The highest BCUT2D eigenvalue weighted by molar-refractivity contribution is 7.91. The number of carbonyl (C=O) groups is 2. The molecule has 0 fully saturated rings. The molecule has 1 rings (SSSR count). The van der Waals surface area contributed by atoms with Crippen LogP contribution in [0, 0.1) is 5.82 Å². The average molecular weight is 310 g/mol. The molecule has 0 aromatic heterocycles. The summed E-state index contributed by atoms with van der Waals surface area (Å²) in [6.45, 7) is 0. The molecule has 19 heavy (non-hydrogen) atoms. The molecule has 1 amide bonds. The molecule has 0 aliphatic heterocycles. The third-order valence-corrected chi connectivity index (χ3v) is 4.11. The molecule has 0 saturated carbocycles. The van der Waals surface area contributed by atoms with E-state index in [4.69, 9.17) is 22.4 Å². The second-order valence-corrected chi connectivity index (χ2v) is 6.12. The Balaban J connectivity index is 3.34. The first-order valence-electron chi connectivity index (χ1n) is 4.88. The van der Waals surface area contributed by atoms with Gasteiger partial charge >= 0.3 is 5.97 Å². The summed E-state index contributed by atoms with van der Waals surface area (Å²) in [5, 5.41) is 8.49. The van der Waals surface area contributed by atoms with E-state index in [0.717, 1.165) is 12.1 Å². The van der Waals surface area contributed by atoms with Crippen LogP contribution >= 0.6 is 11.6 Å². The highest BCUT2D eigenvalue weighted by atomic mass is 35.5. The Morgan fingerprint density at radius 1 is 1.37 bits per heavy atom. The lowest BCUT2D eigenvalue weighted by Gasteiger charge is -2.07. The van der Waals surface area contributed by atoms with Crippen molar-refractivity contribution >= 4 is 33.3 Å². The Bertz CT molecular complexity index is 644. The van der Waals surface area contributed by atoms with Gasteiger partial charge in [-0.25, -0.2) is 17.6 Å². The number of aromatic carboxylic acids is 1. The molecule has 0 aliphatic carbocycles. The molecule has 0 spiro atoms. The highest BCUT2D eigenvalue weighted by Crippen LogP contribution is 2.25. The first-order chi connectivity index (χ1) is 8.65. The minimum Gasteiger partial charge on any atom is -0.478 e. The number of sulfone groups is 1. The lowest BCUT2D eigenvalue weighted by molar-refractivity contribution is -0.117. The van der Waals surface area contributed by atoms with Gasteiger partial charge < -0.3 is 10.8 Å². The van der Waals surface area contributed by atoms with Crippen molar-refractivity contribution in [2.75, 3.05) is 5.75 Å². The van der Waals surface area contributed by atoms with Gasteiger partial charge in [-0.2, -0.15) is 0 Å². The van der Waals surface area contributed by atoms with Gasteiger partial charge in [-0.05, 0) is 12.1 Å². The molecule has 9 heteroatoms. The van der Waals surface area contributed by atoms with Gasteiger partial charge in [0.15, 0.2) is 15.7 Å². The quantitative estimate of drug-likeness (QED) is 0.836. The summed E-state index contributed by atoms with van der Waals surface area (Å²) in [6, 6.07) is 1.59. The average Bonchev–Trinajstić information content (AvgIpc) is 2.28. The van der Waals surface area contributed by atoms with Crippen molar-refractivity contribution in [3.05, 3.63) is 28.5 Å². The molecule has 0 bridgehead atoms. The minimum absolute atomic E-state index is 0.239. The zero-order chi connectivity index (χ0) is 14.8. The summed E-state index contributed by atoms with van der Waals surface area (Å²) < 4.78 is 37.4. The van der Waals surface area contributed by atoms with E-state index >= 15 is 0 Å². The summed E-state index contributed by atoms with van der Waals surface area (Å²) >= 11 is 5.55. The molecule has 1 aromatic carbocycles. The van der Waals surface area contributed by atoms with Crippen LogP contribution in [0.3, 0.4) is 0 Å². The largest absolute Gasteiger partial charge is 0.478 e. The van der Waals surface area contributed by atoms with E-state index in [-0.39, 0.29) is 5.02 Å². The predicted octanol–water partition coefficient (Wildman–Crippen LogP) is 0.826. The maximum atomic E-state index is 13.8. The Morgan fingerprint density at radius 2 is 1.95 bits per heavy atom. The SMILES string of the molecule is NC(=O)CCS(=O)(=O)c1cc(Cl)cc(C(=O)O)c1F. The third-order valence-electron chi connectivity index (χ3n) is 2.19. The van der Waals surface area contributed by atoms with E-state index in [9.17, 15) is 22.4 Å². The summed E-state index contributed by atoms with van der Waals surface area (Å²) in [5.41, 5.74) is 3.95. The van der Waals surface area contributed by atoms with E-state index in [1.807, 2.05) is 0 Å². The zero-order valence-electron chi connectivity index (χ0n) is 9.39. The van der Waals surface area contributed by atoms with E-state index < -0.39 is 50.2 Å². The normalized spacial score (nSPS) is 11.3. The first kappa shape index (κ1) is 15.4. The maximum Gasteiger partial charge on any atom is 0.338 e. The van der Waals surface area contributed by atoms with E-state index in [2.05, 4.69) is 0 Å². The molecule has 3 N–H and O–H groups in total. The molecular weight excluding hydrogens is 301 g/mol. The summed E-state index contributed by atoms with van der Waals surface area (Å²) in [6.07, 6.45) is -0.503. The molecule has 1 aromatic rings. The number of carbonyl (C=O) groups excluding carboxylic acids is 1. The summed E-state index contributed by atoms with van der Waals surface area (Å²) in [5.74, 6) is -4.66. The van der Waals surface area contributed by atoms with Gasteiger partial charge in [0.25, 0.3) is 0 Å². The molecule has 104 valence electrons. The predicted molar refractivity (Wildman–Crippen MR) is 64.2 cm³/mol.